The molecule has 0 saturated carbocycles. The van der Waals surface area contributed by atoms with E-state index in [0.29, 0.717) is 13.3 Å². The molecule has 2 aromatic rings. The van der Waals surface area contributed by atoms with Crippen LogP contribution < -0.4 is 20.1 Å². The maximum atomic E-state index is 5.42. The molecule has 0 radical (unpaired) electrons. The summed E-state index contributed by atoms with van der Waals surface area (Å²) < 4.78 is 10.8. The van der Waals surface area contributed by atoms with E-state index in [9.17, 15) is 0 Å². The van der Waals surface area contributed by atoms with Crippen LogP contribution in [-0.2, 0) is 25.8 Å². The number of hydrogen-bond acceptors (Lipinski definition) is 5. The van der Waals surface area contributed by atoms with Crippen molar-refractivity contribution >= 4 is 17.3 Å². The van der Waals surface area contributed by atoms with Crippen molar-refractivity contribution < 1.29 is 9.47 Å². The fraction of sp³-hybridized carbons (Fsp3) is 0.500. The number of nitrogens with zero attached hydrogens (tertiary/aromatic N) is 2. The first-order valence-corrected chi connectivity index (χ1v) is 10.4. The third-order valence-electron chi connectivity index (χ3n) is 4.87. The van der Waals surface area contributed by atoms with Crippen molar-refractivity contribution in [1.29, 1.82) is 0 Å². The minimum Gasteiger partial charge on any atom is -0.454 e. The van der Waals surface area contributed by atoms with Crippen molar-refractivity contribution in [1.82, 2.24) is 15.6 Å². The number of ether oxygens (including phenoxy) is 2. The van der Waals surface area contributed by atoms with E-state index in [4.69, 9.17) is 14.5 Å². The fourth-order valence-corrected chi connectivity index (χ4v) is 4.61. The minimum atomic E-state index is 0.303. The van der Waals surface area contributed by atoms with Crippen LogP contribution in [0, 0.1) is 0 Å². The van der Waals surface area contributed by atoms with Crippen LogP contribution in [0.3, 0.4) is 0 Å². The van der Waals surface area contributed by atoms with Crippen LogP contribution in [0.15, 0.2) is 23.2 Å². The van der Waals surface area contributed by atoms with Crippen molar-refractivity contribution in [3.05, 3.63) is 39.3 Å². The van der Waals surface area contributed by atoms with Gasteiger partial charge in [-0.2, -0.15) is 0 Å². The molecule has 2 aliphatic rings. The number of fused-ring (bicyclic) bond motifs is 2. The first-order valence-electron chi connectivity index (χ1n) is 9.62. The zero-order chi connectivity index (χ0) is 18.5. The molecule has 4 rings (SSSR count). The average Bonchev–Trinajstić information content (AvgIpc) is 3.33. The lowest BCUT2D eigenvalue weighted by molar-refractivity contribution is 0.174. The van der Waals surface area contributed by atoms with Gasteiger partial charge in [-0.05, 0) is 49.8 Å². The third kappa shape index (κ3) is 4.53. The molecule has 0 bridgehead atoms. The number of guanidine groups is 1. The summed E-state index contributed by atoms with van der Waals surface area (Å²) in [6, 6.07) is 5.99. The molecule has 144 valence electrons. The monoisotopic (exact) mass is 386 g/mol. The Morgan fingerprint density at radius 1 is 1.19 bits per heavy atom. The summed E-state index contributed by atoms with van der Waals surface area (Å²) in [7, 11) is 1.80. The van der Waals surface area contributed by atoms with Crippen LogP contribution >= 0.6 is 11.3 Å². The molecule has 2 heterocycles. The lowest BCUT2D eigenvalue weighted by Gasteiger charge is -2.12. The summed E-state index contributed by atoms with van der Waals surface area (Å²) in [6.07, 6.45) is 7.09. The topological polar surface area (TPSA) is 67.8 Å². The molecular weight excluding hydrogens is 360 g/mol. The highest BCUT2D eigenvalue weighted by molar-refractivity contribution is 7.11. The largest absolute Gasteiger partial charge is 0.454 e. The van der Waals surface area contributed by atoms with Gasteiger partial charge in [-0.25, -0.2) is 4.98 Å². The summed E-state index contributed by atoms with van der Waals surface area (Å²) >= 11 is 1.91. The van der Waals surface area contributed by atoms with Crippen LogP contribution in [0.2, 0.25) is 0 Å². The maximum Gasteiger partial charge on any atom is 0.231 e. The Morgan fingerprint density at radius 2 is 2.07 bits per heavy atom. The number of benzene rings is 1. The van der Waals surface area contributed by atoms with Gasteiger partial charge in [0, 0.05) is 31.4 Å². The van der Waals surface area contributed by atoms with Gasteiger partial charge in [0.05, 0.1) is 10.7 Å². The van der Waals surface area contributed by atoms with Crippen LogP contribution in [0.5, 0.6) is 11.5 Å². The van der Waals surface area contributed by atoms with E-state index in [1.54, 1.807) is 7.05 Å². The molecule has 2 N–H and O–H groups in total. The van der Waals surface area contributed by atoms with E-state index in [1.165, 1.54) is 41.3 Å². The Hall–Kier alpha value is -2.28. The quantitative estimate of drug-likeness (QED) is 0.454. The second-order valence-corrected chi connectivity index (χ2v) is 8.00. The predicted octanol–water partition coefficient (Wildman–Crippen LogP) is 3.05. The Kier molecular flexibility index (Phi) is 5.77. The van der Waals surface area contributed by atoms with E-state index < -0.39 is 0 Å². The van der Waals surface area contributed by atoms with E-state index in [2.05, 4.69) is 15.6 Å². The Labute approximate surface area is 164 Å². The summed E-state index contributed by atoms with van der Waals surface area (Å²) in [5, 5.41) is 8.01. The van der Waals surface area contributed by atoms with E-state index in [1.807, 2.05) is 29.5 Å². The summed E-state index contributed by atoms with van der Waals surface area (Å²) in [5.41, 5.74) is 2.49. The minimum absolute atomic E-state index is 0.303. The highest BCUT2D eigenvalue weighted by Gasteiger charge is 2.15. The van der Waals surface area contributed by atoms with Gasteiger partial charge >= 0.3 is 0 Å². The Morgan fingerprint density at radius 3 is 2.96 bits per heavy atom. The molecule has 0 unspecified atom stereocenters. The number of nitrogens with one attached hydrogen (secondary N) is 2. The van der Waals surface area contributed by atoms with Gasteiger partial charge in [-0.3, -0.25) is 4.99 Å². The number of aliphatic imine (C=N–C) groups is 1. The summed E-state index contributed by atoms with van der Waals surface area (Å²) in [4.78, 5) is 10.6. The van der Waals surface area contributed by atoms with Crippen molar-refractivity contribution in [3.63, 3.8) is 0 Å². The molecule has 1 aromatic carbocycles. The van der Waals surface area contributed by atoms with Gasteiger partial charge < -0.3 is 20.1 Å². The SMILES string of the molecule is CN=C(NCCCc1nc2c(s1)CCCC2)NCc1ccc2c(c1)OCO2. The highest BCUT2D eigenvalue weighted by atomic mass is 32.1. The number of rotatable bonds is 6. The van der Waals surface area contributed by atoms with E-state index in [-0.39, 0.29) is 0 Å². The molecule has 0 spiro atoms. The van der Waals surface area contributed by atoms with Crippen molar-refractivity contribution in [3.8, 4) is 11.5 Å². The van der Waals surface area contributed by atoms with Crippen LogP contribution in [0.1, 0.15) is 40.4 Å². The molecule has 1 aliphatic carbocycles. The summed E-state index contributed by atoms with van der Waals surface area (Å²) in [5.74, 6) is 2.43. The van der Waals surface area contributed by atoms with E-state index >= 15 is 0 Å². The van der Waals surface area contributed by atoms with Gasteiger partial charge in [0.1, 0.15) is 0 Å². The highest BCUT2D eigenvalue weighted by Crippen LogP contribution is 2.32. The summed E-state index contributed by atoms with van der Waals surface area (Å²) in [6.45, 7) is 1.87. The molecule has 7 heteroatoms. The Bertz CT molecular complexity index is 795. The molecule has 1 aromatic heterocycles. The van der Waals surface area contributed by atoms with Gasteiger partial charge in [-0.1, -0.05) is 6.07 Å². The standard InChI is InChI=1S/C20H26N4O2S/c1-21-20(23-12-14-8-9-16-17(11-14)26-13-25-16)22-10-4-7-19-24-15-5-2-3-6-18(15)27-19/h8-9,11H,2-7,10,12-13H2,1H3,(H2,21,22,23). The van der Waals surface area contributed by atoms with Gasteiger partial charge in [-0.15, -0.1) is 11.3 Å². The van der Waals surface area contributed by atoms with Crippen molar-refractivity contribution in [2.24, 2.45) is 4.99 Å². The molecule has 1 aliphatic heterocycles. The number of aryl methyl sites for hydroxylation is 3. The molecule has 6 nitrogen and oxygen atoms in total. The molecule has 0 amide bonds. The van der Waals surface area contributed by atoms with Gasteiger partial charge in [0.2, 0.25) is 6.79 Å². The predicted molar refractivity (Wildman–Crippen MR) is 108 cm³/mol. The smallest absolute Gasteiger partial charge is 0.231 e. The van der Waals surface area contributed by atoms with Crippen molar-refractivity contribution in [2.75, 3.05) is 20.4 Å². The Balaban J connectivity index is 1.20. The fourth-order valence-electron chi connectivity index (χ4n) is 3.42. The first kappa shape index (κ1) is 18.1. The number of aromatic nitrogens is 1. The second kappa shape index (κ2) is 8.61. The van der Waals surface area contributed by atoms with E-state index in [0.717, 1.165) is 42.4 Å². The zero-order valence-electron chi connectivity index (χ0n) is 15.7. The molecule has 0 atom stereocenters. The zero-order valence-corrected chi connectivity index (χ0v) is 16.5. The van der Waals surface area contributed by atoms with Gasteiger partial charge in [0.25, 0.3) is 0 Å². The van der Waals surface area contributed by atoms with Gasteiger partial charge in [0.15, 0.2) is 17.5 Å². The maximum absolute atomic E-state index is 5.42. The first-order chi connectivity index (χ1) is 13.3. The number of thiazole rings is 1. The average molecular weight is 387 g/mol. The third-order valence-corrected chi connectivity index (χ3v) is 6.09. The normalized spacial score (nSPS) is 15.5. The lowest BCUT2D eigenvalue weighted by Crippen LogP contribution is -2.37. The second-order valence-electron chi connectivity index (χ2n) is 6.83. The van der Waals surface area contributed by atoms with Crippen molar-refractivity contribution in [2.45, 2.75) is 45.1 Å². The lowest BCUT2D eigenvalue weighted by atomic mass is 10.0. The molecule has 0 fully saturated rings. The van der Waals surface area contributed by atoms with Crippen LogP contribution in [0.4, 0.5) is 0 Å². The number of hydrogen-bond donors (Lipinski definition) is 2. The van der Waals surface area contributed by atoms with Crippen LogP contribution in [0.25, 0.3) is 0 Å². The van der Waals surface area contributed by atoms with Crippen LogP contribution in [-0.4, -0.2) is 31.3 Å². The molecular formula is C20H26N4O2S. The molecule has 27 heavy (non-hydrogen) atoms. The molecule has 0 saturated heterocycles.